The minimum Gasteiger partial charge on any atom is -0.432 e. The van der Waals surface area contributed by atoms with E-state index in [1.54, 1.807) is 24.5 Å². The summed E-state index contributed by atoms with van der Waals surface area (Å²) < 4.78 is 39.0. The van der Waals surface area contributed by atoms with E-state index in [-0.39, 0.29) is 11.6 Å². The molecule has 0 aliphatic heterocycles. The molecule has 0 saturated carbocycles. The molecule has 0 saturated heterocycles. The summed E-state index contributed by atoms with van der Waals surface area (Å²) in [6.07, 6.45) is 0.688. The maximum atomic E-state index is 13.6. The Morgan fingerprint density at radius 2 is 1.90 bits per heavy atom. The normalized spacial score (nSPS) is 11.5. The van der Waals surface area contributed by atoms with Gasteiger partial charge >= 0.3 is 6.11 Å². The van der Waals surface area contributed by atoms with Crippen molar-refractivity contribution in [3.8, 4) is 28.7 Å². The predicted octanol–water partition coefficient (Wildman–Crippen LogP) is 4.90. The zero-order valence-electron chi connectivity index (χ0n) is 16.7. The fraction of sp³-hybridized carbons (Fsp3) is 0.182. The Hall–Kier alpha value is -3.88. The van der Waals surface area contributed by atoms with Gasteiger partial charge in [0.15, 0.2) is 5.69 Å². The maximum absolute atomic E-state index is 13.6. The molecule has 0 N–H and O–H groups in total. The summed E-state index contributed by atoms with van der Waals surface area (Å²) in [5.74, 6) is 0.620. The Kier molecular flexibility index (Phi) is 5.57. The highest BCUT2D eigenvalue weighted by Crippen LogP contribution is 2.28. The fourth-order valence-corrected chi connectivity index (χ4v) is 2.93. The van der Waals surface area contributed by atoms with Crippen LogP contribution in [0.15, 0.2) is 72.0 Å². The number of aromatic nitrogens is 5. The smallest absolute Gasteiger partial charge is 0.401 e. The van der Waals surface area contributed by atoms with Crippen molar-refractivity contribution in [3.63, 3.8) is 0 Å². The van der Waals surface area contributed by atoms with Crippen molar-refractivity contribution in [1.29, 1.82) is 0 Å². The molecule has 158 valence electrons. The van der Waals surface area contributed by atoms with Gasteiger partial charge in [0, 0.05) is 23.7 Å². The van der Waals surface area contributed by atoms with E-state index in [0.29, 0.717) is 23.6 Å². The molecule has 0 fully saturated rings. The molecule has 3 heterocycles. The second kappa shape index (κ2) is 8.47. The van der Waals surface area contributed by atoms with E-state index in [2.05, 4.69) is 31.5 Å². The Morgan fingerprint density at radius 1 is 1.16 bits per heavy atom. The van der Waals surface area contributed by atoms with E-state index in [9.17, 15) is 8.78 Å². The lowest BCUT2D eigenvalue weighted by Crippen LogP contribution is -2.23. The van der Waals surface area contributed by atoms with Crippen molar-refractivity contribution in [1.82, 2.24) is 24.9 Å². The predicted molar refractivity (Wildman–Crippen MR) is 109 cm³/mol. The number of aryl methyl sites for hydroxylation is 1. The maximum Gasteiger partial charge on any atom is 0.401 e. The van der Waals surface area contributed by atoms with E-state index in [0.717, 1.165) is 17.3 Å². The Morgan fingerprint density at radius 3 is 2.61 bits per heavy atom. The number of pyridine rings is 1. The highest BCUT2D eigenvalue weighted by atomic mass is 19.3. The van der Waals surface area contributed by atoms with Crippen molar-refractivity contribution < 1.29 is 18.0 Å². The van der Waals surface area contributed by atoms with Gasteiger partial charge < -0.3 is 9.26 Å². The van der Waals surface area contributed by atoms with Crippen LogP contribution in [0.2, 0.25) is 0 Å². The third-order valence-corrected chi connectivity index (χ3v) is 4.47. The van der Waals surface area contributed by atoms with Crippen LogP contribution in [0.1, 0.15) is 17.7 Å². The summed E-state index contributed by atoms with van der Waals surface area (Å²) in [4.78, 5) is 8.39. The van der Waals surface area contributed by atoms with Gasteiger partial charge in [-0.05, 0) is 55.0 Å². The molecule has 0 aliphatic rings. The zero-order valence-corrected chi connectivity index (χ0v) is 16.7. The van der Waals surface area contributed by atoms with Gasteiger partial charge in [-0.2, -0.15) is 18.9 Å². The van der Waals surface area contributed by atoms with Crippen molar-refractivity contribution in [3.05, 3.63) is 78.8 Å². The first-order chi connectivity index (χ1) is 14.9. The number of nitrogens with zero attached hydrogens (tertiary/aromatic N) is 5. The molecule has 0 unspecified atom stereocenters. The van der Waals surface area contributed by atoms with Gasteiger partial charge in [-0.15, -0.1) is 6.58 Å². The molecule has 4 rings (SSSR count). The third-order valence-electron chi connectivity index (χ3n) is 4.47. The van der Waals surface area contributed by atoms with E-state index in [4.69, 9.17) is 4.52 Å². The molecular weight excluding hydrogens is 404 g/mol. The Labute approximate surface area is 177 Å². The lowest BCUT2D eigenvalue weighted by molar-refractivity contribution is -0.172. The monoisotopic (exact) mass is 423 g/mol. The molecule has 7 nitrogen and oxygen atoms in total. The SMILES string of the molecule is C=CCC(F)(F)Oc1ccc(-c2noc(-c3cc(C)n(Cc4ccncc4)n3)n2)cc1. The Balaban J connectivity index is 1.50. The van der Waals surface area contributed by atoms with Crippen LogP contribution < -0.4 is 4.74 Å². The van der Waals surface area contributed by atoms with Crippen LogP contribution in [0.3, 0.4) is 0 Å². The van der Waals surface area contributed by atoms with Crippen molar-refractivity contribution >= 4 is 0 Å². The van der Waals surface area contributed by atoms with Crippen molar-refractivity contribution in [2.75, 3.05) is 0 Å². The Bertz CT molecular complexity index is 1170. The van der Waals surface area contributed by atoms with Crippen LogP contribution in [0, 0.1) is 6.92 Å². The standard InChI is InChI=1S/C22H19F2N5O2/c1-3-10-22(23,24)30-18-6-4-17(5-7-18)20-26-21(31-28-20)19-13-15(2)29(27-19)14-16-8-11-25-12-9-16/h3-9,11-13H,1,10,14H2,2H3. The molecule has 4 aromatic rings. The second-order valence-corrected chi connectivity index (χ2v) is 6.86. The average molecular weight is 423 g/mol. The summed E-state index contributed by atoms with van der Waals surface area (Å²) in [5, 5.41) is 8.52. The largest absolute Gasteiger partial charge is 0.432 e. The second-order valence-electron chi connectivity index (χ2n) is 6.86. The van der Waals surface area contributed by atoms with Crippen LogP contribution >= 0.6 is 0 Å². The first-order valence-electron chi connectivity index (χ1n) is 9.49. The molecule has 0 bridgehead atoms. The quantitative estimate of drug-likeness (QED) is 0.375. The molecule has 1 aromatic carbocycles. The zero-order chi connectivity index (χ0) is 21.8. The number of ether oxygens (including phenoxy) is 1. The summed E-state index contributed by atoms with van der Waals surface area (Å²) in [5.41, 5.74) is 3.16. The highest BCUT2D eigenvalue weighted by molar-refractivity contribution is 5.58. The van der Waals surface area contributed by atoms with Gasteiger partial charge in [0.1, 0.15) is 5.75 Å². The van der Waals surface area contributed by atoms with Crippen LogP contribution in [-0.4, -0.2) is 31.0 Å². The highest BCUT2D eigenvalue weighted by Gasteiger charge is 2.29. The van der Waals surface area contributed by atoms with E-state index >= 15 is 0 Å². The first kappa shape index (κ1) is 20.4. The third kappa shape index (κ3) is 4.82. The van der Waals surface area contributed by atoms with Gasteiger partial charge in [0.2, 0.25) is 5.82 Å². The summed E-state index contributed by atoms with van der Waals surface area (Å²) in [7, 11) is 0. The van der Waals surface area contributed by atoms with Crippen LogP contribution in [0.5, 0.6) is 5.75 Å². The average Bonchev–Trinajstić information content (AvgIpc) is 3.36. The molecular formula is C22H19F2N5O2. The molecule has 0 spiro atoms. The van der Waals surface area contributed by atoms with E-state index in [1.807, 2.05) is 29.8 Å². The topological polar surface area (TPSA) is 78.9 Å². The molecule has 0 radical (unpaired) electrons. The first-order valence-corrected chi connectivity index (χ1v) is 9.49. The molecule has 0 atom stereocenters. The minimum atomic E-state index is -3.31. The van der Waals surface area contributed by atoms with E-state index < -0.39 is 12.5 Å². The van der Waals surface area contributed by atoms with Gasteiger partial charge in [0.25, 0.3) is 5.89 Å². The number of halogens is 2. The summed E-state index contributed by atoms with van der Waals surface area (Å²) in [6.45, 7) is 5.83. The van der Waals surface area contributed by atoms with Crippen LogP contribution in [0.4, 0.5) is 8.78 Å². The molecule has 9 heteroatoms. The summed E-state index contributed by atoms with van der Waals surface area (Å²) in [6, 6.07) is 11.7. The molecule has 3 aromatic heterocycles. The van der Waals surface area contributed by atoms with Gasteiger partial charge in [-0.1, -0.05) is 11.2 Å². The van der Waals surface area contributed by atoms with Crippen LogP contribution in [-0.2, 0) is 6.54 Å². The number of hydrogen-bond donors (Lipinski definition) is 0. The lowest BCUT2D eigenvalue weighted by Gasteiger charge is -2.16. The molecule has 0 amide bonds. The molecule has 0 aliphatic carbocycles. The minimum absolute atomic E-state index is 0.0322. The van der Waals surface area contributed by atoms with Gasteiger partial charge in [0.05, 0.1) is 13.0 Å². The number of rotatable bonds is 8. The van der Waals surface area contributed by atoms with Gasteiger partial charge in [-0.3, -0.25) is 9.67 Å². The van der Waals surface area contributed by atoms with Crippen molar-refractivity contribution in [2.24, 2.45) is 0 Å². The number of benzene rings is 1. The van der Waals surface area contributed by atoms with E-state index in [1.165, 1.54) is 12.1 Å². The molecule has 31 heavy (non-hydrogen) atoms. The summed E-state index contributed by atoms with van der Waals surface area (Å²) >= 11 is 0. The number of hydrogen-bond acceptors (Lipinski definition) is 6. The fourth-order valence-electron chi connectivity index (χ4n) is 2.93. The van der Waals surface area contributed by atoms with Crippen LogP contribution in [0.25, 0.3) is 23.0 Å². The number of alkyl halides is 2. The van der Waals surface area contributed by atoms with Crippen molar-refractivity contribution in [2.45, 2.75) is 26.0 Å². The van der Waals surface area contributed by atoms with Gasteiger partial charge in [-0.25, -0.2) is 0 Å². The lowest BCUT2D eigenvalue weighted by atomic mass is 10.2.